The summed E-state index contributed by atoms with van der Waals surface area (Å²) in [4.78, 5) is 2.18. The topological polar surface area (TPSA) is 48.8 Å². The van der Waals surface area contributed by atoms with Gasteiger partial charge in [-0.2, -0.15) is 5.10 Å². The summed E-state index contributed by atoms with van der Waals surface area (Å²) in [6, 6.07) is 13.0. The highest BCUT2D eigenvalue weighted by molar-refractivity contribution is 5.64. The van der Waals surface area contributed by atoms with Crippen LogP contribution in [-0.2, 0) is 16.0 Å². The minimum atomic E-state index is -0.405. The van der Waals surface area contributed by atoms with Crippen molar-refractivity contribution in [1.29, 1.82) is 0 Å². The molecule has 0 amide bonds. The van der Waals surface area contributed by atoms with E-state index >= 15 is 0 Å². The third-order valence-corrected chi connectivity index (χ3v) is 5.42. The molecular weight excluding hydrogens is 397 g/mol. The average molecular weight is 426 g/mol. The van der Waals surface area contributed by atoms with Crippen LogP contribution in [0, 0.1) is 12.7 Å². The zero-order valence-electron chi connectivity index (χ0n) is 18.2. The Kier molecular flexibility index (Phi) is 6.65. The Morgan fingerprint density at radius 3 is 2.77 bits per heavy atom. The summed E-state index contributed by atoms with van der Waals surface area (Å²) < 4.78 is 32.7. The van der Waals surface area contributed by atoms with Gasteiger partial charge in [-0.15, -0.1) is 0 Å². The SMILES string of the molecule is COc1ccc(-c2nn(-c3ccccc3C)cc2CN(C)CC2COCCO2)cc1F. The van der Waals surface area contributed by atoms with Crippen molar-refractivity contribution < 1.29 is 18.6 Å². The number of halogens is 1. The molecule has 0 bridgehead atoms. The van der Waals surface area contributed by atoms with E-state index < -0.39 is 5.82 Å². The Bertz CT molecular complexity index is 1030. The number of rotatable bonds is 7. The van der Waals surface area contributed by atoms with E-state index in [0.29, 0.717) is 31.9 Å². The highest BCUT2D eigenvalue weighted by atomic mass is 19.1. The van der Waals surface area contributed by atoms with Crippen LogP contribution < -0.4 is 4.74 Å². The van der Waals surface area contributed by atoms with E-state index in [2.05, 4.69) is 17.9 Å². The first kappa shape index (κ1) is 21.5. The van der Waals surface area contributed by atoms with Crippen LogP contribution in [0.25, 0.3) is 16.9 Å². The summed E-state index contributed by atoms with van der Waals surface area (Å²) in [6.45, 7) is 5.32. The zero-order chi connectivity index (χ0) is 21.8. The standard InChI is InChI=1S/C24H28FN3O3/c1-17-6-4-5-7-22(17)28-14-19(13-27(2)15-20-16-30-10-11-31-20)24(26-28)18-8-9-23(29-3)21(25)12-18/h4-9,12,14,20H,10-11,13,15-16H2,1-3H3. The summed E-state index contributed by atoms with van der Waals surface area (Å²) in [5, 5.41) is 4.83. The minimum absolute atomic E-state index is 0.0482. The Morgan fingerprint density at radius 2 is 2.06 bits per heavy atom. The summed E-state index contributed by atoms with van der Waals surface area (Å²) >= 11 is 0. The third-order valence-electron chi connectivity index (χ3n) is 5.42. The number of likely N-dealkylation sites (N-methyl/N-ethyl adjacent to an activating group) is 1. The average Bonchev–Trinajstić information content (AvgIpc) is 3.18. The maximum Gasteiger partial charge on any atom is 0.165 e. The van der Waals surface area contributed by atoms with Gasteiger partial charge in [0.1, 0.15) is 0 Å². The van der Waals surface area contributed by atoms with Crippen molar-refractivity contribution >= 4 is 0 Å². The lowest BCUT2D eigenvalue weighted by Crippen LogP contribution is -2.38. The van der Waals surface area contributed by atoms with E-state index in [1.165, 1.54) is 13.2 Å². The summed E-state index contributed by atoms with van der Waals surface area (Å²) in [5.41, 5.74) is 4.58. The van der Waals surface area contributed by atoms with Gasteiger partial charge in [-0.1, -0.05) is 18.2 Å². The van der Waals surface area contributed by atoms with Crippen LogP contribution in [0.3, 0.4) is 0 Å². The van der Waals surface area contributed by atoms with Crippen LogP contribution in [-0.4, -0.2) is 61.3 Å². The summed E-state index contributed by atoms with van der Waals surface area (Å²) in [5.74, 6) is -0.187. The molecule has 1 atom stereocenters. The molecule has 1 aliphatic rings. The van der Waals surface area contributed by atoms with Gasteiger partial charge in [0.25, 0.3) is 0 Å². The number of methoxy groups -OCH3 is 1. The molecule has 164 valence electrons. The molecule has 2 aromatic carbocycles. The molecule has 7 heteroatoms. The van der Waals surface area contributed by atoms with E-state index in [-0.39, 0.29) is 11.9 Å². The van der Waals surface area contributed by atoms with Crippen molar-refractivity contribution in [2.45, 2.75) is 19.6 Å². The van der Waals surface area contributed by atoms with E-state index in [9.17, 15) is 4.39 Å². The van der Waals surface area contributed by atoms with Gasteiger partial charge in [-0.3, -0.25) is 4.90 Å². The number of aromatic nitrogens is 2. The number of nitrogens with zero attached hydrogens (tertiary/aromatic N) is 3. The van der Waals surface area contributed by atoms with Crippen molar-refractivity contribution in [2.75, 3.05) is 40.5 Å². The molecule has 0 spiro atoms. The molecular formula is C24H28FN3O3. The number of benzene rings is 2. The molecule has 0 saturated carbocycles. The number of hydrogen-bond acceptors (Lipinski definition) is 5. The van der Waals surface area contributed by atoms with Gasteiger partial charge in [-0.05, 0) is 43.8 Å². The number of hydrogen-bond donors (Lipinski definition) is 0. The number of ether oxygens (including phenoxy) is 3. The summed E-state index contributed by atoms with van der Waals surface area (Å²) in [6.07, 6.45) is 2.07. The molecule has 0 radical (unpaired) electrons. The molecule has 1 unspecified atom stereocenters. The van der Waals surface area contributed by atoms with Crippen LogP contribution in [0.4, 0.5) is 4.39 Å². The maximum absolute atomic E-state index is 14.4. The highest BCUT2D eigenvalue weighted by Crippen LogP contribution is 2.29. The van der Waals surface area contributed by atoms with Crippen LogP contribution in [0.2, 0.25) is 0 Å². The maximum atomic E-state index is 14.4. The number of aryl methyl sites for hydroxylation is 1. The molecule has 3 aromatic rings. The predicted molar refractivity (Wildman–Crippen MR) is 117 cm³/mol. The van der Waals surface area contributed by atoms with Crippen LogP contribution in [0.5, 0.6) is 5.75 Å². The highest BCUT2D eigenvalue weighted by Gasteiger charge is 2.20. The van der Waals surface area contributed by atoms with E-state index in [1.807, 2.05) is 42.2 Å². The van der Waals surface area contributed by atoms with Gasteiger partial charge in [0.05, 0.1) is 44.4 Å². The fourth-order valence-corrected chi connectivity index (χ4v) is 3.87. The van der Waals surface area contributed by atoms with Crippen molar-refractivity contribution in [2.24, 2.45) is 0 Å². The lowest BCUT2D eigenvalue weighted by molar-refractivity contribution is -0.0962. The van der Waals surface area contributed by atoms with Crippen LogP contribution >= 0.6 is 0 Å². The van der Waals surface area contributed by atoms with Gasteiger partial charge in [0, 0.05) is 30.4 Å². The van der Waals surface area contributed by atoms with Crippen molar-refractivity contribution in [3.05, 3.63) is 65.6 Å². The molecule has 0 aliphatic carbocycles. The zero-order valence-corrected chi connectivity index (χ0v) is 18.2. The second kappa shape index (κ2) is 9.60. The number of para-hydroxylation sites is 1. The van der Waals surface area contributed by atoms with Crippen molar-refractivity contribution in [3.8, 4) is 22.7 Å². The van der Waals surface area contributed by atoms with E-state index in [1.54, 1.807) is 6.07 Å². The largest absolute Gasteiger partial charge is 0.494 e. The van der Waals surface area contributed by atoms with Crippen molar-refractivity contribution in [3.63, 3.8) is 0 Å². The third kappa shape index (κ3) is 4.95. The molecule has 1 aliphatic heterocycles. The van der Waals surface area contributed by atoms with E-state index in [0.717, 1.165) is 29.1 Å². The molecule has 4 rings (SSSR count). The van der Waals surface area contributed by atoms with Crippen LogP contribution in [0.15, 0.2) is 48.7 Å². The first-order chi connectivity index (χ1) is 15.0. The van der Waals surface area contributed by atoms with Gasteiger partial charge in [-0.25, -0.2) is 9.07 Å². The fourth-order valence-electron chi connectivity index (χ4n) is 3.87. The van der Waals surface area contributed by atoms with Gasteiger partial charge >= 0.3 is 0 Å². The Labute approximate surface area is 182 Å². The van der Waals surface area contributed by atoms with Gasteiger partial charge in [0.15, 0.2) is 11.6 Å². The van der Waals surface area contributed by atoms with Gasteiger partial charge in [0.2, 0.25) is 0 Å². The van der Waals surface area contributed by atoms with E-state index in [4.69, 9.17) is 19.3 Å². The Hall–Kier alpha value is -2.74. The quantitative estimate of drug-likeness (QED) is 0.576. The molecule has 2 heterocycles. The Balaban J connectivity index is 1.66. The molecule has 31 heavy (non-hydrogen) atoms. The Morgan fingerprint density at radius 1 is 1.23 bits per heavy atom. The molecule has 6 nitrogen and oxygen atoms in total. The molecule has 1 saturated heterocycles. The monoisotopic (exact) mass is 425 g/mol. The molecule has 0 N–H and O–H groups in total. The lowest BCUT2D eigenvalue weighted by atomic mass is 10.1. The summed E-state index contributed by atoms with van der Waals surface area (Å²) in [7, 11) is 3.50. The first-order valence-electron chi connectivity index (χ1n) is 10.4. The minimum Gasteiger partial charge on any atom is -0.494 e. The second-order valence-corrected chi connectivity index (χ2v) is 7.85. The first-order valence-corrected chi connectivity index (χ1v) is 10.4. The lowest BCUT2D eigenvalue weighted by Gasteiger charge is -2.27. The smallest absolute Gasteiger partial charge is 0.165 e. The normalized spacial score (nSPS) is 16.6. The predicted octanol–water partition coefficient (Wildman–Crippen LogP) is 3.84. The molecule has 1 aromatic heterocycles. The molecule has 1 fully saturated rings. The van der Waals surface area contributed by atoms with Gasteiger partial charge < -0.3 is 14.2 Å². The second-order valence-electron chi connectivity index (χ2n) is 7.85. The van der Waals surface area contributed by atoms with Crippen LogP contribution in [0.1, 0.15) is 11.1 Å². The fraction of sp³-hybridized carbons (Fsp3) is 0.375. The van der Waals surface area contributed by atoms with Crippen molar-refractivity contribution in [1.82, 2.24) is 14.7 Å².